The van der Waals surface area contributed by atoms with E-state index in [0.717, 1.165) is 0 Å². The number of hydrogen-bond donors (Lipinski definition) is 1. The minimum Gasteiger partial charge on any atom is -0.481 e. The molecule has 1 aliphatic heterocycles. The number of carboxylic acids is 1. The molecule has 0 aromatic heterocycles. The third-order valence-corrected chi connectivity index (χ3v) is 5.28. The van der Waals surface area contributed by atoms with E-state index in [2.05, 4.69) is 43.9 Å². The van der Waals surface area contributed by atoms with Crippen molar-refractivity contribution in [2.75, 3.05) is 11.9 Å². The molecule has 2 rings (SSSR count). The van der Waals surface area contributed by atoms with Crippen molar-refractivity contribution in [1.29, 1.82) is 0 Å². The molecule has 0 amide bonds. The van der Waals surface area contributed by atoms with Gasteiger partial charge in [-0.25, -0.2) is 0 Å². The van der Waals surface area contributed by atoms with Crippen molar-refractivity contribution < 1.29 is 9.90 Å². The lowest BCUT2D eigenvalue weighted by molar-refractivity contribution is -0.137. The van der Waals surface area contributed by atoms with Crippen molar-refractivity contribution in [2.45, 2.75) is 49.3 Å². The van der Waals surface area contributed by atoms with Gasteiger partial charge in [-0.1, -0.05) is 19.9 Å². The van der Waals surface area contributed by atoms with Gasteiger partial charge in [0, 0.05) is 23.2 Å². The quantitative estimate of drug-likeness (QED) is 0.918. The average molecular weight is 279 g/mol. The zero-order chi connectivity index (χ0) is 14.2. The summed E-state index contributed by atoms with van der Waals surface area (Å²) in [6.07, 6.45) is 0.210. The maximum atomic E-state index is 11.0. The lowest BCUT2D eigenvalue weighted by Crippen LogP contribution is -2.41. The molecule has 1 aromatic rings. The predicted molar refractivity (Wildman–Crippen MR) is 80.3 cm³/mol. The smallest absolute Gasteiger partial charge is 0.304 e. The summed E-state index contributed by atoms with van der Waals surface area (Å²) in [5.41, 5.74) is 2.52. The van der Waals surface area contributed by atoms with Crippen LogP contribution in [-0.4, -0.2) is 29.4 Å². The highest BCUT2D eigenvalue weighted by molar-refractivity contribution is 8.00. The van der Waals surface area contributed by atoms with Gasteiger partial charge in [0.25, 0.3) is 0 Å². The fourth-order valence-electron chi connectivity index (χ4n) is 2.39. The maximum Gasteiger partial charge on any atom is 0.304 e. The number of thioether (sulfide) groups is 1. The number of fused-ring (bicyclic) bond motifs is 1. The molecule has 0 radical (unpaired) electrons. The molecule has 2 unspecified atom stereocenters. The molecule has 104 valence electrons. The zero-order valence-corrected chi connectivity index (χ0v) is 12.7. The van der Waals surface area contributed by atoms with Crippen LogP contribution in [0.4, 0.5) is 5.69 Å². The van der Waals surface area contributed by atoms with Gasteiger partial charge in [0.2, 0.25) is 0 Å². The minimum atomic E-state index is -0.721. The van der Waals surface area contributed by atoms with E-state index in [1.807, 2.05) is 7.05 Å². The van der Waals surface area contributed by atoms with Crippen LogP contribution in [0.3, 0.4) is 0 Å². The molecular weight excluding hydrogens is 258 g/mol. The van der Waals surface area contributed by atoms with Gasteiger partial charge in [0.05, 0.1) is 12.1 Å². The highest BCUT2D eigenvalue weighted by Gasteiger charge is 2.31. The first-order valence-electron chi connectivity index (χ1n) is 6.65. The van der Waals surface area contributed by atoms with E-state index in [4.69, 9.17) is 5.11 Å². The van der Waals surface area contributed by atoms with Crippen LogP contribution in [0.5, 0.6) is 0 Å². The van der Waals surface area contributed by atoms with E-state index in [9.17, 15) is 4.79 Å². The van der Waals surface area contributed by atoms with Gasteiger partial charge in [-0.15, -0.1) is 11.8 Å². The number of nitrogens with zero attached hydrogens (tertiary/aromatic N) is 1. The molecule has 1 N–H and O–H groups in total. The Labute approximate surface area is 119 Å². The van der Waals surface area contributed by atoms with Gasteiger partial charge in [-0.2, -0.15) is 0 Å². The van der Waals surface area contributed by atoms with Crippen molar-refractivity contribution in [3.63, 3.8) is 0 Å². The first-order chi connectivity index (χ1) is 8.90. The van der Waals surface area contributed by atoms with Gasteiger partial charge < -0.3 is 10.0 Å². The molecule has 1 aliphatic rings. The number of aliphatic carboxylic acids is 1. The fraction of sp³-hybridized carbons (Fsp3) is 0.533. The van der Waals surface area contributed by atoms with Crippen LogP contribution in [-0.2, 0) is 4.79 Å². The lowest BCUT2D eigenvalue weighted by Gasteiger charge is -2.39. The van der Waals surface area contributed by atoms with E-state index < -0.39 is 5.97 Å². The summed E-state index contributed by atoms with van der Waals surface area (Å²) < 4.78 is 0. The second-order valence-electron chi connectivity index (χ2n) is 5.49. The van der Waals surface area contributed by atoms with Crippen LogP contribution < -0.4 is 4.90 Å². The molecule has 19 heavy (non-hydrogen) atoms. The second-order valence-corrected chi connectivity index (χ2v) is 6.77. The van der Waals surface area contributed by atoms with Gasteiger partial charge in [0.1, 0.15) is 0 Å². The van der Waals surface area contributed by atoms with Crippen molar-refractivity contribution >= 4 is 23.4 Å². The summed E-state index contributed by atoms with van der Waals surface area (Å²) >= 11 is 1.71. The predicted octanol–water partition coefficient (Wildman–Crippen LogP) is 3.58. The number of benzene rings is 1. The topological polar surface area (TPSA) is 40.5 Å². The first-order valence-corrected chi connectivity index (χ1v) is 7.53. The van der Waals surface area contributed by atoms with Crippen molar-refractivity contribution in [1.82, 2.24) is 0 Å². The van der Waals surface area contributed by atoms with Crippen LogP contribution in [0.15, 0.2) is 23.1 Å². The Kier molecular flexibility index (Phi) is 4.09. The summed E-state index contributed by atoms with van der Waals surface area (Å²) in [4.78, 5) is 14.4. The summed E-state index contributed by atoms with van der Waals surface area (Å²) in [5.74, 6) is -0.227. The van der Waals surface area contributed by atoms with Crippen molar-refractivity contribution in [3.8, 4) is 0 Å². The highest BCUT2D eigenvalue weighted by Crippen LogP contribution is 2.43. The first kappa shape index (κ1) is 14.3. The van der Waals surface area contributed by atoms with Crippen LogP contribution in [0, 0.1) is 0 Å². The van der Waals surface area contributed by atoms with Crippen LogP contribution in [0.1, 0.15) is 38.7 Å². The zero-order valence-electron chi connectivity index (χ0n) is 11.9. The molecule has 0 saturated heterocycles. The molecule has 0 spiro atoms. The summed E-state index contributed by atoms with van der Waals surface area (Å²) in [6.45, 7) is 6.45. The van der Waals surface area contributed by atoms with Gasteiger partial charge in [0.15, 0.2) is 0 Å². The maximum absolute atomic E-state index is 11.0. The fourth-order valence-corrected chi connectivity index (χ4v) is 3.86. The molecule has 0 aliphatic carbocycles. The number of carbonyl (C=O) groups is 1. The molecule has 2 atom stereocenters. The van der Waals surface area contributed by atoms with Gasteiger partial charge in [-0.3, -0.25) is 4.79 Å². The third-order valence-electron chi connectivity index (χ3n) is 3.83. The Morgan fingerprint density at radius 2 is 2.16 bits per heavy atom. The average Bonchev–Trinajstić information content (AvgIpc) is 2.34. The molecule has 1 aromatic carbocycles. The Morgan fingerprint density at radius 1 is 1.47 bits per heavy atom. The lowest BCUT2D eigenvalue weighted by atomic mass is 10.0. The number of rotatable bonds is 3. The van der Waals surface area contributed by atoms with Crippen molar-refractivity contribution in [2.24, 2.45) is 0 Å². The van der Waals surface area contributed by atoms with Crippen LogP contribution in [0.2, 0.25) is 0 Å². The summed E-state index contributed by atoms with van der Waals surface area (Å²) in [5, 5.41) is 9.14. The molecule has 4 heteroatoms. The van der Waals surface area contributed by atoms with Crippen LogP contribution >= 0.6 is 11.8 Å². The van der Waals surface area contributed by atoms with E-state index in [1.54, 1.807) is 11.8 Å². The number of anilines is 1. The third kappa shape index (κ3) is 2.89. The Morgan fingerprint density at radius 3 is 2.74 bits per heavy atom. The Bertz CT molecular complexity index is 487. The molecule has 3 nitrogen and oxygen atoms in total. The van der Waals surface area contributed by atoms with E-state index in [0.29, 0.717) is 5.92 Å². The molecule has 0 saturated carbocycles. The molecule has 0 fully saturated rings. The van der Waals surface area contributed by atoms with Gasteiger partial charge >= 0.3 is 5.97 Å². The molecule has 1 heterocycles. The van der Waals surface area contributed by atoms with E-state index >= 15 is 0 Å². The van der Waals surface area contributed by atoms with E-state index in [-0.39, 0.29) is 17.7 Å². The SMILES string of the molecule is CC(C)c1ccc2c(c1)SC(CC(=O)O)C(C)N2C. The van der Waals surface area contributed by atoms with Gasteiger partial charge in [-0.05, 0) is 30.5 Å². The largest absolute Gasteiger partial charge is 0.481 e. The summed E-state index contributed by atoms with van der Waals surface area (Å²) in [6, 6.07) is 6.77. The highest BCUT2D eigenvalue weighted by atomic mass is 32.2. The number of hydrogen-bond acceptors (Lipinski definition) is 3. The van der Waals surface area contributed by atoms with Crippen molar-refractivity contribution in [3.05, 3.63) is 23.8 Å². The normalized spacial score (nSPS) is 22.5. The van der Waals surface area contributed by atoms with E-state index in [1.165, 1.54) is 16.1 Å². The standard InChI is InChI=1S/C15H21NO2S/c1-9(2)11-5-6-12-14(7-11)19-13(8-15(17)18)10(3)16(12)4/h5-7,9-10,13H,8H2,1-4H3,(H,17,18). The Hall–Kier alpha value is -1.16. The van der Waals surface area contributed by atoms with Crippen LogP contribution in [0.25, 0.3) is 0 Å². The Balaban J connectivity index is 2.33. The monoisotopic (exact) mass is 279 g/mol. The summed E-state index contributed by atoms with van der Waals surface area (Å²) in [7, 11) is 2.05. The second kappa shape index (κ2) is 5.45. The number of carboxylic acid groups (broad SMARTS) is 1. The molecular formula is C15H21NO2S. The molecule has 0 bridgehead atoms. The minimum absolute atomic E-state index is 0.109.